The van der Waals surface area contributed by atoms with Gasteiger partial charge in [-0.2, -0.15) is 0 Å². The van der Waals surface area contributed by atoms with Crippen LogP contribution in [0.3, 0.4) is 0 Å². The van der Waals surface area contributed by atoms with E-state index >= 15 is 0 Å². The van der Waals surface area contributed by atoms with Gasteiger partial charge in [0, 0.05) is 22.6 Å². The summed E-state index contributed by atoms with van der Waals surface area (Å²) in [5.74, 6) is 3.78. The Hall–Kier alpha value is -3.84. The lowest BCUT2D eigenvalue weighted by atomic mass is 10.2. The second kappa shape index (κ2) is 16.5. The topological polar surface area (TPSA) is 36.9 Å². The molecule has 4 nitrogen and oxygen atoms in total. The molecule has 6 heteroatoms. The Bertz CT molecular complexity index is 1440. The molecule has 48 heavy (non-hydrogen) atoms. The standard InChI is InChI=1S/C42H44O4P2/c1-5-15-33(16-6-1)43-29-37-25-26-38(30-44-34-17-7-2-8-18-34)47(37)41-23-13-14-24-42(41)48-39(31-45-35-19-9-3-10-20-35)27-28-40(48)32-46-36-21-11-4-12-22-36/h1-24,37-40H,25-32H2/t37-,38-,39-,40-/m0/s1. The molecule has 2 heterocycles. The summed E-state index contributed by atoms with van der Waals surface area (Å²) in [5.41, 5.74) is 1.84. The fourth-order valence-electron chi connectivity index (χ4n) is 7.10. The molecule has 2 aliphatic heterocycles. The van der Waals surface area contributed by atoms with Gasteiger partial charge < -0.3 is 18.9 Å². The van der Waals surface area contributed by atoms with Crippen LogP contribution >= 0.6 is 15.8 Å². The summed E-state index contributed by atoms with van der Waals surface area (Å²) in [7, 11) is -1.11. The van der Waals surface area contributed by atoms with Gasteiger partial charge in [-0.3, -0.25) is 0 Å². The zero-order valence-electron chi connectivity index (χ0n) is 27.4. The molecule has 0 bridgehead atoms. The smallest absolute Gasteiger partial charge is 0.119 e. The molecular weight excluding hydrogens is 630 g/mol. The van der Waals surface area contributed by atoms with E-state index in [9.17, 15) is 0 Å². The van der Waals surface area contributed by atoms with E-state index in [4.69, 9.17) is 18.9 Å². The van der Waals surface area contributed by atoms with E-state index in [2.05, 4.69) is 121 Å². The SMILES string of the molecule is c1ccc(OC[C@@H]2CC[C@@H](COc3ccccc3)P2c2ccccc2P2[C@H](COc3ccccc3)CC[C@H]2COc2ccccc2)cc1. The molecule has 4 atom stereocenters. The molecule has 5 aromatic carbocycles. The maximum Gasteiger partial charge on any atom is 0.119 e. The Labute approximate surface area is 287 Å². The number of para-hydroxylation sites is 4. The van der Waals surface area contributed by atoms with Crippen LogP contribution in [0.15, 0.2) is 146 Å². The third kappa shape index (κ3) is 8.23. The van der Waals surface area contributed by atoms with E-state index in [0.29, 0.717) is 22.6 Å². The van der Waals surface area contributed by atoms with Gasteiger partial charge in [-0.15, -0.1) is 0 Å². The highest BCUT2D eigenvalue weighted by Crippen LogP contribution is 2.59. The molecule has 0 radical (unpaired) electrons. The van der Waals surface area contributed by atoms with E-state index in [0.717, 1.165) is 75.1 Å². The molecule has 7 rings (SSSR count). The minimum atomic E-state index is -0.556. The van der Waals surface area contributed by atoms with Gasteiger partial charge in [0.25, 0.3) is 0 Å². The molecule has 2 fully saturated rings. The molecule has 0 aromatic heterocycles. The highest BCUT2D eigenvalue weighted by atomic mass is 31.1. The summed E-state index contributed by atoms with van der Waals surface area (Å²) in [6.07, 6.45) is 4.59. The summed E-state index contributed by atoms with van der Waals surface area (Å²) in [6, 6.07) is 50.5. The number of benzene rings is 5. The predicted octanol–water partition coefficient (Wildman–Crippen LogP) is 9.28. The molecule has 0 N–H and O–H groups in total. The van der Waals surface area contributed by atoms with Crippen LogP contribution in [0, 0.1) is 0 Å². The molecule has 0 amide bonds. The van der Waals surface area contributed by atoms with Gasteiger partial charge in [0.2, 0.25) is 0 Å². The van der Waals surface area contributed by atoms with Gasteiger partial charge in [0.05, 0.1) is 26.4 Å². The number of hydrogen-bond acceptors (Lipinski definition) is 4. The fraction of sp³-hybridized carbons (Fsp3) is 0.286. The van der Waals surface area contributed by atoms with Gasteiger partial charge in [0.15, 0.2) is 0 Å². The Morgan fingerprint density at radius 3 is 0.812 bits per heavy atom. The fourth-order valence-corrected chi connectivity index (χ4v) is 14.4. The minimum absolute atomic E-state index is 0.460. The van der Waals surface area contributed by atoms with Crippen molar-refractivity contribution in [3.05, 3.63) is 146 Å². The van der Waals surface area contributed by atoms with Crippen LogP contribution in [0.1, 0.15) is 25.7 Å². The van der Waals surface area contributed by atoms with E-state index in [1.165, 1.54) is 10.6 Å². The van der Waals surface area contributed by atoms with Crippen molar-refractivity contribution in [2.45, 2.75) is 48.3 Å². The van der Waals surface area contributed by atoms with E-state index in [1.807, 2.05) is 24.3 Å². The van der Waals surface area contributed by atoms with Crippen LogP contribution in [0.5, 0.6) is 23.0 Å². The summed E-state index contributed by atoms with van der Waals surface area (Å²) < 4.78 is 25.9. The summed E-state index contributed by atoms with van der Waals surface area (Å²) >= 11 is 0. The van der Waals surface area contributed by atoms with Crippen molar-refractivity contribution >= 4 is 26.5 Å². The first-order valence-corrected chi connectivity index (χ1v) is 20.1. The summed E-state index contributed by atoms with van der Waals surface area (Å²) in [6.45, 7) is 2.91. The zero-order chi connectivity index (χ0) is 32.4. The molecule has 2 aliphatic rings. The maximum absolute atomic E-state index is 6.48. The van der Waals surface area contributed by atoms with Crippen molar-refractivity contribution in [1.82, 2.24) is 0 Å². The number of hydrogen-bond donors (Lipinski definition) is 0. The average molecular weight is 675 g/mol. The van der Waals surface area contributed by atoms with Gasteiger partial charge in [-0.1, -0.05) is 113 Å². The lowest BCUT2D eigenvalue weighted by molar-refractivity contribution is 0.307. The quantitative estimate of drug-likeness (QED) is 0.110. The lowest BCUT2D eigenvalue weighted by Gasteiger charge is -2.33. The summed E-state index contributed by atoms with van der Waals surface area (Å²) in [4.78, 5) is 0. The van der Waals surface area contributed by atoms with Crippen molar-refractivity contribution in [1.29, 1.82) is 0 Å². The Morgan fingerprint density at radius 1 is 0.333 bits per heavy atom. The Morgan fingerprint density at radius 2 is 0.562 bits per heavy atom. The van der Waals surface area contributed by atoms with Crippen LogP contribution in [0.25, 0.3) is 0 Å². The molecular formula is C42H44O4P2. The summed E-state index contributed by atoms with van der Waals surface area (Å²) in [5, 5.41) is 3.08. The molecule has 0 aliphatic carbocycles. The predicted molar refractivity (Wildman–Crippen MR) is 201 cm³/mol. The van der Waals surface area contributed by atoms with Crippen molar-refractivity contribution in [2.75, 3.05) is 26.4 Å². The first-order valence-electron chi connectivity index (χ1n) is 17.2. The molecule has 5 aromatic rings. The van der Waals surface area contributed by atoms with E-state index in [1.54, 1.807) is 0 Å². The molecule has 0 spiro atoms. The number of ether oxygens (including phenoxy) is 4. The molecule has 2 saturated heterocycles. The van der Waals surface area contributed by atoms with Gasteiger partial charge in [-0.25, -0.2) is 0 Å². The van der Waals surface area contributed by atoms with E-state index in [-0.39, 0.29) is 0 Å². The number of rotatable bonds is 14. The highest BCUT2D eigenvalue weighted by Gasteiger charge is 2.43. The van der Waals surface area contributed by atoms with Crippen molar-refractivity contribution in [3.63, 3.8) is 0 Å². The zero-order valence-corrected chi connectivity index (χ0v) is 29.1. The lowest BCUT2D eigenvalue weighted by Crippen LogP contribution is -2.34. The Kier molecular flexibility index (Phi) is 11.2. The van der Waals surface area contributed by atoms with Crippen molar-refractivity contribution in [2.24, 2.45) is 0 Å². The second-order valence-electron chi connectivity index (χ2n) is 12.6. The van der Waals surface area contributed by atoms with Crippen LogP contribution < -0.4 is 29.6 Å². The highest BCUT2D eigenvalue weighted by molar-refractivity contribution is 7.73. The van der Waals surface area contributed by atoms with E-state index < -0.39 is 15.8 Å². The van der Waals surface area contributed by atoms with Crippen molar-refractivity contribution in [3.8, 4) is 23.0 Å². The van der Waals surface area contributed by atoms with Crippen LogP contribution in [-0.4, -0.2) is 49.1 Å². The molecule has 0 unspecified atom stereocenters. The largest absolute Gasteiger partial charge is 0.493 e. The van der Waals surface area contributed by atoms with Gasteiger partial charge in [0.1, 0.15) is 23.0 Å². The minimum Gasteiger partial charge on any atom is -0.493 e. The van der Waals surface area contributed by atoms with Crippen molar-refractivity contribution < 1.29 is 18.9 Å². The average Bonchev–Trinajstić information content (AvgIpc) is 3.76. The molecule has 0 saturated carbocycles. The first-order chi connectivity index (χ1) is 23.8. The molecule has 246 valence electrons. The normalized spacial score (nSPS) is 21.2. The first kappa shape index (κ1) is 32.7. The Balaban J connectivity index is 1.19. The third-order valence-corrected chi connectivity index (χ3v) is 16.3. The third-order valence-electron chi connectivity index (χ3n) is 9.42. The van der Waals surface area contributed by atoms with Gasteiger partial charge >= 0.3 is 0 Å². The monoisotopic (exact) mass is 674 g/mol. The van der Waals surface area contributed by atoms with Crippen LogP contribution in [0.4, 0.5) is 0 Å². The van der Waals surface area contributed by atoms with Crippen LogP contribution in [0.2, 0.25) is 0 Å². The maximum atomic E-state index is 6.48. The van der Waals surface area contributed by atoms with Gasteiger partial charge in [-0.05, 0) is 84.8 Å². The van der Waals surface area contributed by atoms with Crippen LogP contribution in [-0.2, 0) is 0 Å². The second-order valence-corrected chi connectivity index (χ2v) is 18.1.